The minimum atomic E-state index is -0.227. The molecule has 0 spiro atoms. The molecule has 1 amide bonds. The maximum Gasteiger partial charge on any atom is 0.291 e. The highest BCUT2D eigenvalue weighted by Crippen LogP contribution is 2.20. The lowest BCUT2D eigenvalue weighted by Crippen LogP contribution is -2.42. The van der Waals surface area contributed by atoms with E-state index in [1.165, 1.54) is 12.6 Å². The number of carbonyl (C=O) groups excluding carboxylic acids is 1. The number of hydrogen-bond donors (Lipinski definition) is 1. The Morgan fingerprint density at radius 2 is 2.42 bits per heavy atom. The second-order valence-electron chi connectivity index (χ2n) is 4.43. The van der Waals surface area contributed by atoms with E-state index in [0.717, 1.165) is 11.5 Å². The van der Waals surface area contributed by atoms with Gasteiger partial charge in [0.15, 0.2) is 6.39 Å². The molecule has 1 atom stereocenters. The molecule has 0 aliphatic carbocycles. The van der Waals surface area contributed by atoms with Gasteiger partial charge >= 0.3 is 0 Å². The van der Waals surface area contributed by atoms with Gasteiger partial charge in [0.1, 0.15) is 11.9 Å². The summed E-state index contributed by atoms with van der Waals surface area (Å²) in [6, 6.07) is 0. The van der Waals surface area contributed by atoms with Crippen LogP contribution in [0.5, 0.6) is 0 Å². The maximum atomic E-state index is 12.1. The first-order valence-corrected chi connectivity index (χ1v) is 6.05. The number of aromatic nitrogens is 3. The number of aromatic amines is 1. The lowest BCUT2D eigenvalue weighted by atomic mass is 10.2. The smallest absolute Gasteiger partial charge is 0.291 e. The molecule has 7 nitrogen and oxygen atoms in total. The van der Waals surface area contributed by atoms with Gasteiger partial charge in [0.2, 0.25) is 5.76 Å². The topological polar surface area (TPSA) is 84.2 Å². The number of hydrogen-bond acceptors (Lipinski definition) is 5. The number of amides is 1. The Balaban J connectivity index is 1.73. The Bertz CT molecular complexity index is 563. The summed E-state index contributed by atoms with van der Waals surface area (Å²) in [4.78, 5) is 25.0. The van der Waals surface area contributed by atoms with Gasteiger partial charge in [0, 0.05) is 18.4 Å². The minimum absolute atomic E-state index is 0.172. The number of morpholine rings is 1. The Labute approximate surface area is 109 Å². The molecular formula is C12H14N4O3. The maximum absolute atomic E-state index is 12.1. The first-order valence-electron chi connectivity index (χ1n) is 6.05. The van der Waals surface area contributed by atoms with Crippen LogP contribution in [-0.4, -0.2) is 45.5 Å². The normalized spacial score (nSPS) is 19.6. The van der Waals surface area contributed by atoms with Crippen LogP contribution in [-0.2, 0) is 4.74 Å². The molecule has 0 saturated carbocycles. The molecule has 19 heavy (non-hydrogen) atoms. The number of ether oxygens (including phenoxy) is 1. The molecule has 0 radical (unpaired) electrons. The second-order valence-corrected chi connectivity index (χ2v) is 4.43. The molecule has 1 saturated heterocycles. The number of rotatable bonds is 2. The molecule has 2 aromatic rings. The van der Waals surface area contributed by atoms with Crippen LogP contribution >= 0.6 is 0 Å². The van der Waals surface area contributed by atoms with E-state index in [2.05, 4.69) is 15.0 Å². The van der Waals surface area contributed by atoms with E-state index in [9.17, 15) is 4.79 Å². The Morgan fingerprint density at radius 3 is 3.11 bits per heavy atom. The Kier molecular flexibility index (Phi) is 3.04. The molecule has 1 fully saturated rings. The second kappa shape index (κ2) is 4.85. The van der Waals surface area contributed by atoms with Crippen molar-refractivity contribution in [3.8, 4) is 0 Å². The largest absolute Gasteiger partial charge is 0.438 e. The fourth-order valence-corrected chi connectivity index (χ4v) is 2.07. The molecule has 0 bridgehead atoms. The van der Waals surface area contributed by atoms with Gasteiger partial charge < -0.3 is 19.0 Å². The van der Waals surface area contributed by atoms with Crippen molar-refractivity contribution < 1.29 is 13.9 Å². The average molecular weight is 262 g/mol. The van der Waals surface area contributed by atoms with Gasteiger partial charge in [-0.15, -0.1) is 0 Å². The highest BCUT2D eigenvalue weighted by atomic mass is 16.5. The molecule has 1 aliphatic rings. The highest BCUT2D eigenvalue weighted by molar-refractivity contribution is 5.91. The van der Waals surface area contributed by atoms with Crippen LogP contribution < -0.4 is 0 Å². The van der Waals surface area contributed by atoms with E-state index in [-0.39, 0.29) is 17.8 Å². The summed E-state index contributed by atoms with van der Waals surface area (Å²) in [6.45, 7) is 3.39. The van der Waals surface area contributed by atoms with Crippen LogP contribution in [0.4, 0.5) is 0 Å². The number of oxazole rings is 1. The predicted octanol–water partition coefficient (Wildman–Crippen LogP) is 0.920. The molecule has 3 rings (SSSR count). The summed E-state index contributed by atoms with van der Waals surface area (Å²) >= 11 is 0. The van der Waals surface area contributed by atoms with Crippen molar-refractivity contribution in [1.29, 1.82) is 0 Å². The van der Waals surface area contributed by atoms with Crippen molar-refractivity contribution in [2.24, 2.45) is 0 Å². The van der Waals surface area contributed by atoms with E-state index < -0.39 is 0 Å². The molecule has 1 N–H and O–H groups in total. The third-order valence-corrected chi connectivity index (χ3v) is 3.02. The zero-order valence-electron chi connectivity index (χ0n) is 10.5. The van der Waals surface area contributed by atoms with E-state index in [1.54, 1.807) is 11.1 Å². The lowest BCUT2D eigenvalue weighted by Gasteiger charge is -2.31. The predicted molar refractivity (Wildman–Crippen MR) is 64.4 cm³/mol. The summed E-state index contributed by atoms with van der Waals surface area (Å²) in [5.41, 5.74) is 0.970. The molecule has 0 unspecified atom stereocenters. The fraction of sp³-hybridized carbons (Fsp3) is 0.417. The molecule has 2 aromatic heterocycles. The van der Waals surface area contributed by atoms with Crippen LogP contribution in [0.15, 0.2) is 23.2 Å². The molecule has 1 aliphatic heterocycles. The number of H-pyrrole nitrogens is 1. The highest BCUT2D eigenvalue weighted by Gasteiger charge is 2.28. The molecule has 7 heteroatoms. The molecule has 100 valence electrons. The fourth-order valence-electron chi connectivity index (χ4n) is 2.07. The van der Waals surface area contributed by atoms with Crippen LogP contribution in [0.25, 0.3) is 0 Å². The van der Waals surface area contributed by atoms with E-state index >= 15 is 0 Å². The van der Waals surface area contributed by atoms with Gasteiger partial charge in [-0.1, -0.05) is 0 Å². The van der Waals surface area contributed by atoms with Gasteiger partial charge in [0.25, 0.3) is 5.91 Å². The van der Waals surface area contributed by atoms with Crippen molar-refractivity contribution >= 4 is 5.91 Å². The van der Waals surface area contributed by atoms with Crippen molar-refractivity contribution in [3.63, 3.8) is 0 Å². The van der Waals surface area contributed by atoms with Crippen molar-refractivity contribution in [1.82, 2.24) is 19.9 Å². The first-order chi connectivity index (χ1) is 9.24. The Morgan fingerprint density at radius 1 is 1.53 bits per heavy atom. The summed E-state index contributed by atoms with van der Waals surface area (Å²) in [5.74, 6) is 0.818. The van der Waals surface area contributed by atoms with Crippen molar-refractivity contribution in [3.05, 3.63) is 36.1 Å². The standard InChI is InChI=1S/C12H14N4O3/c1-8-4-14-11(15-8)10-6-16(2-3-18-10)12(17)9-5-13-7-19-9/h4-5,7,10H,2-3,6H2,1H3,(H,14,15)/t10-/m0/s1. The van der Waals surface area contributed by atoms with Gasteiger partial charge in [-0.3, -0.25) is 4.79 Å². The van der Waals surface area contributed by atoms with Crippen molar-refractivity contribution in [2.75, 3.05) is 19.7 Å². The lowest BCUT2D eigenvalue weighted by molar-refractivity contribution is -0.0273. The van der Waals surface area contributed by atoms with Crippen molar-refractivity contribution in [2.45, 2.75) is 13.0 Å². The van der Waals surface area contributed by atoms with Gasteiger partial charge in [-0.05, 0) is 6.92 Å². The Hall–Kier alpha value is -2.15. The quantitative estimate of drug-likeness (QED) is 0.870. The van der Waals surface area contributed by atoms with Crippen LogP contribution in [0, 0.1) is 6.92 Å². The third kappa shape index (κ3) is 2.37. The number of nitrogens with zero attached hydrogens (tertiary/aromatic N) is 3. The molecule has 0 aromatic carbocycles. The average Bonchev–Trinajstić information content (AvgIpc) is 3.09. The SMILES string of the molecule is Cc1cnc([C@@H]2CN(C(=O)c3cnco3)CCO2)[nH]1. The molecule has 3 heterocycles. The zero-order valence-corrected chi connectivity index (χ0v) is 10.5. The van der Waals surface area contributed by atoms with Gasteiger partial charge in [-0.2, -0.15) is 0 Å². The summed E-state index contributed by atoms with van der Waals surface area (Å²) in [5, 5.41) is 0. The van der Waals surface area contributed by atoms with E-state index in [1.807, 2.05) is 6.92 Å². The van der Waals surface area contributed by atoms with Gasteiger partial charge in [0.05, 0.1) is 19.3 Å². The third-order valence-electron chi connectivity index (χ3n) is 3.02. The number of imidazole rings is 1. The first kappa shape index (κ1) is 11.9. The number of nitrogens with one attached hydrogen (secondary N) is 1. The van der Waals surface area contributed by atoms with Gasteiger partial charge in [-0.25, -0.2) is 9.97 Å². The van der Waals surface area contributed by atoms with E-state index in [0.29, 0.717) is 19.7 Å². The van der Waals surface area contributed by atoms with Crippen LogP contribution in [0.3, 0.4) is 0 Å². The van der Waals surface area contributed by atoms with E-state index in [4.69, 9.17) is 9.15 Å². The monoisotopic (exact) mass is 262 g/mol. The zero-order chi connectivity index (χ0) is 13.2. The summed E-state index contributed by atoms with van der Waals surface area (Å²) in [7, 11) is 0. The number of carbonyl (C=O) groups is 1. The summed E-state index contributed by atoms with van der Waals surface area (Å²) < 4.78 is 10.7. The minimum Gasteiger partial charge on any atom is -0.438 e. The van der Waals surface area contributed by atoms with Crippen LogP contribution in [0.1, 0.15) is 28.2 Å². The number of aryl methyl sites for hydroxylation is 1. The molecular weight excluding hydrogens is 248 g/mol. The van der Waals surface area contributed by atoms with Crippen LogP contribution in [0.2, 0.25) is 0 Å². The summed E-state index contributed by atoms with van der Waals surface area (Å²) in [6.07, 6.45) is 4.19.